The number of carbonyl (C=O) groups excluding carboxylic acids is 2. The smallest absolute Gasteiger partial charge is 0.291 e. The molecule has 1 aromatic heterocycles. The largest absolute Gasteiger partial charge is 0.492 e. The van der Waals surface area contributed by atoms with Gasteiger partial charge in [-0.3, -0.25) is 9.59 Å². The fourth-order valence-corrected chi connectivity index (χ4v) is 4.03. The number of amides is 2. The summed E-state index contributed by atoms with van der Waals surface area (Å²) in [5, 5.41) is 7.70. The van der Waals surface area contributed by atoms with Gasteiger partial charge >= 0.3 is 0 Å². The Morgan fingerprint density at radius 3 is 2.73 bits per heavy atom. The number of carbonyl (C=O) groups is 2. The Kier molecular flexibility index (Phi) is 6.79. The highest BCUT2D eigenvalue weighted by molar-refractivity contribution is 6.31. The minimum atomic E-state index is -0.364. The molecule has 0 saturated carbocycles. The van der Waals surface area contributed by atoms with Gasteiger partial charge in [-0.25, -0.2) is 5.43 Å². The van der Waals surface area contributed by atoms with E-state index in [1.165, 1.54) is 0 Å². The monoisotopic (exact) mass is 465 g/mol. The first-order valence-electron chi connectivity index (χ1n) is 10.8. The number of furan rings is 1. The number of para-hydroxylation sites is 2. The third-order valence-electron chi connectivity index (χ3n) is 5.35. The van der Waals surface area contributed by atoms with E-state index in [0.29, 0.717) is 58.5 Å². The molecule has 0 fully saturated rings. The maximum absolute atomic E-state index is 13.0. The topological polar surface area (TPSA) is 92.9 Å². The Balaban J connectivity index is 1.57. The van der Waals surface area contributed by atoms with Crippen LogP contribution in [-0.4, -0.2) is 24.1 Å². The summed E-state index contributed by atoms with van der Waals surface area (Å²) in [5.41, 5.74) is 5.73. The van der Waals surface area contributed by atoms with Crippen molar-refractivity contribution in [3.8, 4) is 5.75 Å². The van der Waals surface area contributed by atoms with E-state index in [4.69, 9.17) is 20.8 Å². The van der Waals surface area contributed by atoms with Crippen molar-refractivity contribution in [3.63, 3.8) is 0 Å². The molecule has 8 heteroatoms. The summed E-state index contributed by atoms with van der Waals surface area (Å²) in [6.45, 7) is 4.20. The lowest BCUT2D eigenvalue weighted by molar-refractivity contribution is 0.0953. The average molecular weight is 466 g/mol. The number of hydrazone groups is 1. The van der Waals surface area contributed by atoms with E-state index in [1.807, 2.05) is 26.0 Å². The molecule has 1 heterocycles. The summed E-state index contributed by atoms with van der Waals surface area (Å²) in [5.74, 6) is 0.785. The molecule has 0 unspecified atom stereocenters. The van der Waals surface area contributed by atoms with Gasteiger partial charge in [0.15, 0.2) is 5.76 Å². The number of benzene rings is 2. The van der Waals surface area contributed by atoms with Gasteiger partial charge in [0.1, 0.15) is 11.5 Å². The second-order valence-corrected chi connectivity index (χ2v) is 8.04. The molecule has 2 amide bonds. The van der Waals surface area contributed by atoms with Crippen LogP contribution in [0.5, 0.6) is 5.75 Å². The third-order valence-corrected chi connectivity index (χ3v) is 5.58. The maximum Gasteiger partial charge on any atom is 0.291 e. The normalized spacial score (nSPS) is 14.0. The zero-order chi connectivity index (χ0) is 23.4. The lowest BCUT2D eigenvalue weighted by atomic mass is 9.93. The molecule has 0 radical (unpaired) electrons. The highest BCUT2D eigenvalue weighted by atomic mass is 35.5. The fraction of sp³-hybridized carbons (Fsp3) is 0.240. The number of fused-ring (bicyclic) bond motifs is 1. The number of nitrogens with zero attached hydrogens (tertiary/aromatic N) is 1. The Labute approximate surface area is 196 Å². The first-order chi connectivity index (χ1) is 16.0. The maximum atomic E-state index is 13.0. The van der Waals surface area contributed by atoms with E-state index in [0.717, 1.165) is 12.0 Å². The first kappa shape index (κ1) is 22.6. The van der Waals surface area contributed by atoms with Crippen LogP contribution in [0.4, 0.5) is 5.69 Å². The highest BCUT2D eigenvalue weighted by Gasteiger charge is 2.28. The summed E-state index contributed by atoms with van der Waals surface area (Å²) >= 11 is 5.97. The van der Waals surface area contributed by atoms with Crippen molar-refractivity contribution < 1.29 is 18.7 Å². The molecule has 2 N–H and O–H groups in total. The van der Waals surface area contributed by atoms with Gasteiger partial charge in [0.2, 0.25) is 0 Å². The van der Waals surface area contributed by atoms with Gasteiger partial charge in [-0.15, -0.1) is 0 Å². The minimum absolute atomic E-state index is 0.224. The molecule has 1 aliphatic carbocycles. The van der Waals surface area contributed by atoms with Crippen LogP contribution in [0.2, 0.25) is 5.02 Å². The summed E-state index contributed by atoms with van der Waals surface area (Å²) < 4.78 is 11.5. The fourth-order valence-electron chi connectivity index (χ4n) is 3.84. The van der Waals surface area contributed by atoms with Gasteiger partial charge in [0.05, 0.1) is 18.0 Å². The van der Waals surface area contributed by atoms with Gasteiger partial charge < -0.3 is 14.5 Å². The minimum Gasteiger partial charge on any atom is -0.492 e. The molecule has 0 atom stereocenters. The van der Waals surface area contributed by atoms with Crippen molar-refractivity contribution in [2.45, 2.75) is 33.1 Å². The first-order valence-corrected chi connectivity index (χ1v) is 11.1. The molecule has 3 aromatic rings. The van der Waals surface area contributed by atoms with Crippen LogP contribution in [0.25, 0.3) is 0 Å². The van der Waals surface area contributed by atoms with Crippen molar-refractivity contribution in [1.82, 2.24) is 5.43 Å². The van der Waals surface area contributed by atoms with Crippen molar-refractivity contribution >= 4 is 34.8 Å². The highest BCUT2D eigenvalue weighted by Crippen LogP contribution is 2.31. The summed E-state index contributed by atoms with van der Waals surface area (Å²) in [6, 6.07) is 13.9. The van der Waals surface area contributed by atoms with E-state index in [-0.39, 0.29) is 17.6 Å². The zero-order valence-corrected chi connectivity index (χ0v) is 19.2. The van der Waals surface area contributed by atoms with E-state index < -0.39 is 0 Å². The Hall–Kier alpha value is -3.58. The van der Waals surface area contributed by atoms with Crippen LogP contribution < -0.4 is 15.5 Å². The molecule has 0 bridgehead atoms. The second kappa shape index (κ2) is 9.92. The SMILES string of the molecule is CCOc1ccccc1NC(=O)c1oc2c(c1C)/C(=N/NC(=O)c1cccc(Cl)c1)CCC2. The summed E-state index contributed by atoms with van der Waals surface area (Å²) in [7, 11) is 0. The van der Waals surface area contributed by atoms with E-state index in [9.17, 15) is 9.59 Å². The van der Waals surface area contributed by atoms with Crippen LogP contribution in [0.15, 0.2) is 58.0 Å². The van der Waals surface area contributed by atoms with Crippen LogP contribution in [0.1, 0.15) is 57.6 Å². The lowest BCUT2D eigenvalue weighted by Gasteiger charge is -2.13. The van der Waals surface area contributed by atoms with Gasteiger partial charge in [-0.1, -0.05) is 29.8 Å². The van der Waals surface area contributed by atoms with Gasteiger partial charge in [-0.2, -0.15) is 5.10 Å². The van der Waals surface area contributed by atoms with Crippen molar-refractivity contribution in [2.75, 3.05) is 11.9 Å². The number of nitrogens with one attached hydrogen (secondary N) is 2. The molecule has 0 saturated heterocycles. The van der Waals surface area contributed by atoms with Crippen molar-refractivity contribution in [2.24, 2.45) is 5.10 Å². The molecule has 4 rings (SSSR count). The predicted octanol–water partition coefficient (Wildman–Crippen LogP) is 5.36. The Morgan fingerprint density at radius 2 is 1.94 bits per heavy atom. The van der Waals surface area contributed by atoms with Gasteiger partial charge in [0, 0.05) is 28.1 Å². The lowest BCUT2D eigenvalue weighted by Crippen LogP contribution is -2.22. The molecule has 170 valence electrons. The molecular formula is C25H24ClN3O4. The van der Waals surface area contributed by atoms with Crippen molar-refractivity contribution in [3.05, 3.63) is 81.8 Å². The quantitative estimate of drug-likeness (QED) is 0.479. The third kappa shape index (κ3) is 4.93. The van der Waals surface area contributed by atoms with Crippen LogP contribution >= 0.6 is 11.6 Å². The number of rotatable bonds is 6. The molecule has 0 spiro atoms. The molecule has 33 heavy (non-hydrogen) atoms. The number of anilines is 1. The Morgan fingerprint density at radius 1 is 1.12 bits per heavy atom. The number of halogens is 1. The number of hydrogen-bond donors (Lipinski definition) is 2. The molecule has 0 aliphatic heterocycles. The summed E-state index contributed by atoms with van der Waals surface area (Å²) in [6.07, 6.45) is 2.16. The van der Waals surface area contributed by atoms with E-state index in [1.54, 1.807) is 36.4 Å². The van der Waals surface area contributed by atoms with Crippen LogP contribution in [0.3, 0.4) is 0 Å². The second-order valence-electron chi connectivity index (χ2n) is 7.60. The van der Waals surface area contributed by atoms with E-state index >= 15 is 0 Å². The number of hydrogen-bond acceptors (Lipinski definition) is 5. The molecule has 1 aliphatic rings. The molecular weight excluding hydrogens is 442 g/mol. The predicted molar refractivity (Wildman–Crippen MR) is 127 cm³/mol. The number of aryl methyl sites for hydroxylation is 1. The van der Waals surface area contributed by atoms with Gasteiger partial charge in [-0.05, 0) is 57.0 Å². The van der Waals surface area contributed by atoms with E-state index in [2.05, 4.69) is 15.8 Å². The van der Waals surface area contributed by atoms with Crippen LogP contribution in [-0.2, 0) is 6.42 Å². The van der Waals surface area contributed by atoms with Crippen molar-refractivity contribution in [1.29, 1.82) is 0 Å². The number of ether oxygens (including phenoxy) is 1. The average Bonchev–Trinajstić information content (AvgIpc) is 3.16. The zero-order valence-electron chi connectivity index (χ0n) is 18.4. The van der Waals surface area contributed by atoms with Crippen LogP contribution in [0, 0.1) is 6.92 Å². The molecule has 2 aromatic carbocycles. The van der Waals surface area contributed by atoms with Gasteiger partial charge in [0.25, 0.3) is 11.8 Å². The Bertz CT molecular complexity index is 1230. The standard InChI is InChI=1S/C25H24ClN3O4/c1-3-32-20-12-5-4-10-18(20)27-25(31)23-15(2)22-19(11-7-13-21(22)33-23)28-29-24(30)16-8-6-9-17(26)14-16/h4-6,8-10,12,14H,3,7,11,13H2,1-2H3,(H,27,31)(H,29,30)/b28-19+. The summed E-state index contributed by atoms with van der Waals surface area (Å²) in [4.78, 5) is 25.5. The molecule has 7 nitrogen and oxygen atoms in total.